The zero-order valence-electron chi connectivity index (χ0n) is 10.6. The molecule has 0 aliphatic carbocycles. The topological polar surface area (TPSA) is 87.7 Å². The standard InChI is InChI=1S/C11H13ClN6O2/c12-9-14-1-2-17(9)8-18-6-11(19-3-4-20-11)5-15-10(18)16-7-13/h1-2H,3-6,8H2,(H,15,16). The molecule has 0 amide bonds. The van der Waals surface area contributed by atoms with Gasteiger partial charge in [0.25, 0.3) is 0 Å². The Morgan fingerprint density at radius 3 is 2.95 bits per heavy atom. The van der Waals surface area contributed by atoms with E-state index in [0.29, 0.717) is 44.2 Å². The van der Waals surface area contributed by atoms with Gasteiger partial charge in [0.2, 0.25) is 17.0 Å². The van der Waals surface area contributed by atoms with Gasteiger partial charge < -0.3 is 18.9 Å². The van der Waals surface area contributed by atoms with Crippen LogP contribution in [0.3, 0.4) is 0 Å². The SMILES string of the molecule is N#CNC1=NCC2(CN1Cn1ccnc1Cl)OCCO2. The summed E-state index contributed by atoms with van der Waals surface area (Å²) in [6.07, 6.45) is 5.24. The summed E-state index contributed by atoms with van der Waals surface area (Å²) in [6.45, 7) is 2.34. The molecule has 0 saturated carbocycles. The number of hydrogen-bond acceptors (Lipinski definition) is 7. The van der Waals surface area contributed by atoms with Gasteiger partial charge in [0.05, 0.1) is 33.0 Å². The highest BCUT2D eigenvalue weighted by molar-refractivity contribution is 6.28. The Hall–Kier alpha value is -1.82. The van der Waals surface area contributed by atoms with Crippen LogP contribution in [-0.4, -0.2) is 52.5 Å². The summed E-state index contributed by atoms with van der Waals surface area (Å²) < 4.78 is 13.0. The number of ether oxygens (including phenoxy) is 2. The average molecular weight is 297 g/mol. The van der Waals surface area contributed by atoms with E-state index < -0.39 is 5.79 Å². The van der Waals surface area contributed by atoms with Crippen LogP contribution in [0.25, 0.3) is 0 Å². The quantitative estimate of drug-likeness (QED) is 0.609. The number of aromatic nitrogens is 2. The van der Waals surface area contributed by atoms with Crippen molar-refractivity contribution in [1.82, 2.24) is 19.8 Å². The van der Waals surface area contributed by atoms with Gasteiger partial charge in [-0.05, 0) is 11.6 Å². The second kappa shape index (κ2) is 5.28. The highest BCUT2D eigenvalue weighted by Gasteiger charge is 2.42. The summed E-state index contributed by atoms with van der Waals surface area (Å²) in [5.41, 5.74) is 0. The van der Waals surface area contributed by atoms with Crippen LogP contribution in [-0.2, 0) is 16.1 Å². The van der Waals surface area contributed by atoms with Crippen molar-refractivity contribution in [3.05, 3.63) is 17.7 Å². The maximum absolute atomic E-state index is 8.80. The van der Waals surface area contributed by atoms with Crippen molar-refractivity contribution in [1.29, 1.82) is 5.26 Å². The molecule has 1 aromatic heterocycles. The first-order valence-corrected chi connectivity index (χ1v) is 6.49. The van der Waals surface area contributed by atoms with Crippen LogP contribution in [0, 0.1) is 11.5 Å². The number of nitrogens with one attached hydrogen (secondary N) is 1. The molecule has 3 heterocycles. The summed E-state index contributed by atoms with van der Waals surface area (Å²) >= 11 is 5.97. The number of nitrogens with zero attached hydrogens (tertiary/aromatic N) is 5. The number of imidazole rings is 1. The van der Waals surface area contributed by atoms with Crippen molar-refractivity contribution in [2.45, 2.75) is 12.5 Å². The fourth-order valence-electron chi connectivity index (χ4n) is 2.28. The molecule has 1 aromatic rings. The first kappa shape index (κ1) is 13.2. The number of guanidine groups is 1. The number of rotatable bonds is 2. The third-order valence-electron chi connectivity index (χ3n) is 3.17. The summed E-state index contributed by atoms with van der Waals surface area (Å²) in [5, 5.41) is 11.7. The van der Waals surface area contributed by atoms with Gasteiger partial charge in [-0.15, -0.1) is 0 Å². The Morgan fingerprint density at radius 2 is 2.30 bits per heavy atom. The van der Waals surface area contributed by atoms with E-state index in [1.165, 1.54) is 0 Å². The van der Waals surface area contributed by atoms with Crippen LogP contribution in [0.2, 0.25) is 5.28 Å². The smallest absolute Gasteiger partial charge is 0.209 e. The van der Waals surface area contributed by atoms with E-state index in [1.807, 2.05) is 11.1 Å². The van der Waals surface area contributed by atoms with Crippen molar-refractivity contribution >= 4 is 17.6 Å². The zero-order chi connectivity index (χ0) is 14.0. The molecular weight excluding hydrogens is 284 g/mol. The predicted molar refractivity (Wildman–Crippen MR) is 69.6 cm³/mol. The number of aliphatic imine (C=N–C) groups is 1. The highest BCUT2D eigenvalue weighted by atomic mass is 35.5. The predicted octanol–water partition coefficient (Wildman–Crippen LogP) is -0.0206. The summed E-state index contributed by atoms with van der Waals surface area (Å²) in [7, 11) is 0. The van der Waals surface area contributed by atoms with Crippen LogP contribution < -0.4 is 5.32 Å². The molecule has 1 N–H and O–H groups in total. The Kier molecular flexibility index (Phi) is 3.48. The lowest BCUT2D eigenvalue weighted by atomic mass is 10.2. The number of nitriles is 1. The van der Waals surface area contributed by atoms with Crippen LogP contribution in [0.5, 0.6) is 0 Å². The molecular formula is C11H13ClN6O2. The minimum Gasteiger partial charge on any atom is -0.344 e. The molecule has 9 heteroatoms. The molecule has 106 valence electrons. The minimum atomic E-state index is -0.728. The van der Waals surface area contributed by atoms with E-state index in [9.17, 15) is 0 Å². The normalized spacial score (nSPS) is 20.8. The Labute approximate surface area is 120 Å². The molecule has 0 atom stereocenters. The maximum atomic E-state index is 8.80. The van der Waals surface area contributed by atoms with Crippen molar-refractivity contribution in [3.63, 3.8) is 0 Å². The first-order valence-electron chi connectivity index (χ1n) is 6.11. The van der Waals surface area contributed by atoms with Crippen LogP contribution in [0.15, 0.2) is 17.4 Å². The van der Waals surface area contributed by atoms with Crippen molar-refractivity contribution < 1.29 is 9.47 Å². The van der Waals surface area contributed by atoms with E-state index in [1.54, 1.807) is 17.0 Å². The Morgan fingerprint density at radius 1 is 1.50 bits per heavy atom. The average Bonchev–Trinajstić information content (AvgIpc) is 3.04. The van der Waals surface area contributed by atoms with Crippen LogP contribution in [0.4, 0.5) is 0 Å². The second-order valence-electron chi connectivity index (χ2n) is 4.49. The van der Waals surface area contributed by atoms with Crippen LogP contribution in [0.1, 0.15) is 0 Å². The molecule has 2 aliphatic heterocycles. The molecule has 20 heavy (non-hydrogen) atoms. The van der Waals surface area contributed by atoms with E-state index >= 15 is 0 Å². The van der Waals surface area contributed by atoms with E-state index in [0.717, 1.165) is 0 Å². The monoisotopic (exact) mass is 296 g/mol. The van der Waals surface area contributed by atoms with Gasteiger partial charge in [0.15, 0.2) is 6.19 Å². The third kappa shape index (κ3) is 2.43. The second-order valence-corrected chi connectivity index (χ2v) is 4.83. The largest absolute Gasteiger partial charge is 0.344 e. The van der Waals surface area contributed by atoms with Crippen molar-refractivity contribution in [2.24, 2.45) is 4.99 Å². The fourth-order valence-corrected chi connectivity index (χ4v) is 2.44. The summed E-state index contributed by atoms with van der Waals surface area (Å²) in [5.74, 6) is -0.254. The van der Waals surface area contributed by atoms with E-state index in [4.69, 9.17) is 26.3 Å². The van der Waals surface area contributed by atoms with Gasteiger partial charge in [-0.25, -0.2) is 9.98 Å². The van der Waals surface area contributed by atoms with Gasteiger partial charge in [-0.3, -0.25) is 5.32 Å². The fraction of sp³-hybridized carbons (Fsp3) is 0.545. The van der Waals surface area contributed by atoms with Gasteiger partial charge in [0, 0.05) is 12.4 Å². The molecule has 1 saturated heterocycles. The number of halogens is 1. The minimum absolute atomic E-state index is 0.366. The molecule has 0 unspecified atom stereocenters. The Balaban J connectivity index is 1.81. The van der Waals surface area contributed by atoms with E-state index in [-0.39, 0.29) is 0 Å². The lowest BCUT2D eigenvalue weighted by Gasteiger charge is -2.37. The van der Waals surface area contributed by atoms with Gasteiger partial charge in [-0.1, -0.05) is 0 Å². The lowest BCUT2D eigenvalue weighted by molar-refractivity contribution is -0.162. The summed E-state index contributed by atoms with van der Waals surface area (Å²) in [4.78, 5) is 10.1. The molecule has 0 bridgehead atoms. The zero-order valence-corrected chi connectivity index (χ0v) is 11.4. The molecule has 3 rings (SSSR count). The lowest BCUT2D eigenvalue weighted by Crippen LogP contribution is -2.55. The van der Waals surface area contributed by atoms with Crippen LogP contribution >= 0.6 is 11.6 Å². The highest BCUT2D eigenvalue weighted by Crippen LogP contribution is 2.25. The molecule has 0 aromatic carbocycles. The van der Waals surface area contributed by atoms with Gasteiger partial charge in [0.1, 0.15) is 0 Å². The number of hydrogen-bond donors (Lipinski definition) is 1. The maximum Gasteiger partial charge on any atom is 0.209 e. The molecule has 1 fully saturated rings. The van der Waals surface area contributed by atoms with Crippen molar-refractivity contribution in [2.75, 3.05) is 26.3 Å². The Bertz CT molecular complexity index is 560. The van der Waals surface area contributed by atoms with Crippen molar-refractivity contribution in [3.8, 4) is 6.19 Å². The third-order valence-corrected chi connectivity index (χ3v) is 3.48. The molecule has 2 aliphatic rings. The molecule has 8 nitrogen and oxygen atoms in total. The molecule has 1 spiro atoms. The van der Waals surface area contributed by atoms with Gasteiger partial charge in [-0.2, -0.15) is 5.26 Å². The van der Waals surface area contributed by atoms with E-state index in [2.05, 4.69) is 15.3 Å². The van der Waals surface area contributed by atoms with Gasteiger partial charge >= 0.3 is 0 Å². The first-order chi connectivity index (χ1) is 9.72. The molecule has 0 radical (unpaired) electrons. The summed E-state index contributed by atoms with van der Waals surface area (Å²) in [6, 6.07) is 0.